The average molecular weight is 367 g/mol. The molecule has 0 radical (unpaired) electrons. The Morgan fingerprint density at radius 2 is 1.88 bits per heavy atom. The van der Waals surface area contributed by atoms with E-state index >= 15 is 0 Å². The summed E-state index contributed by atoms with van der Waals surface area (Å²) >= 11 is 1.98. The SMILES string of the molecule is O=C(O)c1cccc(CN=C2Nc3ccccc3NC23CCSCC3)c1. The van der Waals surface area contributed by atoms with Crippen LogP contribution in [0.5, 0.6) is 0 Å². The number of nitrogens with zero attached hydrogens (tertiary/aromatic N) is 1. The van der Waals surface area contributed by atoms with Crippen LogP contribution in [0.4, 0.5) is 11.4 Å². The number of hydrogen-bond donors (Lipinski definition) is 3. The fourth-order valence-electron chi connectivity index (χ4n) is 3.51. The zero-order chi connectivity index (χ0) is 18.0. The number of thioether (sulfide) groups is 1. The van der Waals surface area contributed by atoms with Gasteiger partial charge in [-0.15, -0.1) is 0 Å². The molecular weight excluding hydrogens is 346 g/mol. The highest BCUT2D eigenvalue weighted by molar-refractivity contribution is 7.99. The van der Waals surface area contributed by atoms with Gasteiger partial charge in [0.1, 0.15) is 5.84 Å². The molecule has 0 aliphatic carbocycles. The normalized spacial score (nSPS) is 19.5. The lowest BCUT2D eigenvalue weighted by Gasteiger charge is -2.43. The van der Waals surface area contributed by atoms with Gasteiger partial charge in [0.25, 0.3) is 0 Å². The van der Waals surface area contributed by atoms with Crippen molar-refractivity contribution in [1.82, 2.24) is 0 Å². The van der Waals surface area contributed by atoms with E-state index in [0.717, 1.165) is 47.1 Å². The third-order valence-corrected chi connectivity index (χ3v) is 5.93. The van der Waals surface area contributed by atoms with Gasteiger partial charge in [0.2, 0.25) is 0 Å². The lowest BCUT2D eigenvalue weighted by Crippen LogP contribution is -2.54. The van der Waals surface area contributed by atoms with Crippen molar-refractivity contribution in [2.75, 3.05) is 22.1 Å². The van der Waals surface area contributed by atoms with E-state index in [9.17, 15) is 9.90 Å². The molecule has 1 saturated heterocycles. The van der Waals surface area contributed by atoms with Crippen LogP contribution in [0.15, 0.2) is 53.5 Å². The van der Waals surface area contributed by atoms with Crippen molar-refractivity contribution in [1.29, 1.82) is 0 Å². The van der Waals surface area contributed by atoms with Gasteiger partial charge in [-0.1, -0.05) is 24.3 Å². The number of aliphatic imine (C=N–C) groups is 1. The molecule has 2 aliphatic rings. The number of para-hydroxylation sites is 2. The van der Waals surface area contributed by atoms with Crippen LogP contribution in [0.1, 0.15) is 28.8 Å². The van der Waals surface area contributed by atoms with Crippen LogP contribution in [-0.2, 0) is 6.54 Å². The molecule has 0 saturated carbocycles. The Morgan fingerprint density at radius 1 is 1.12 bits per heavy atom. The lowest BCUT2D eigenvalue weighted by atomic mass is 9.87. The maximum atomic E-state index is 11.2. The first-order valence-electron chi connectivity index (χ1n) is 8.75. The highest BCUT2D eigenvalue weighted by Gasteiger charge is 2.40. The number of nitrogens with one attached hydrogen (secondary N) is 2. The molecule has 134 valence electrons. The average Bonchev–Trinajstić information content (AvgIpc) is 2.67. The van der Waals surface area contributed by atoms with Gasteiger partial charge in [0.15, 0.2) is 0 Å². The highest BCUT2D eigenvalue weighted by atomic mass is 32.2. The number of amidine groups is 1. The minimum absolute atomic E-state index is 0.163. The number of carboxylic acid groups (broad SMARTS) is 1. The first-order chi connectivity index (χ1) is 12.7. The van der Waals surface area contributed by atoms with Crippen LogP contribution in [0.25, 0.3) is 0 Å². The van der Waals surface area contributed by atoms with Crippen molar-refractivity contribution in [2.45, 2.75) is 24.9 Å². The number of anilines is 2. The molecule has 0 aromatic heterocycles. The van der Waals surface area contributed by atoms with E-state index in [-0.39, 0.29) is 5.54 Å². The second kappa shape index (κ2) is 7.03. The number of fused-ring (bicyclic) bond motifs is 1. The van der Waals surface area contributed by atoms with Crippen LogP contribution in [-0.4, -0.2) is 34.0 Å². The summed E-state index contributed by atoms with van der Waals surface area (Å²) < 4.78 is 0. The first kappa shape index (κ1) is 17.0. The van der Waals surface area contributed by atoms with Gasteiger partial charge in [0.05, 0.1) is 29.0 Å². The molecule has 6 heteroatoms. The Morgan fingerprint density at radius 3 is 2.65 bits per heavy atom. The fraction of sp³-hybridized carbons (Fsp3) is 0.300. The first-order valence-corrected chi connectivity index (χ1v) is 9.91. The van der Waals surface area contributed by atoms with Gasteiger partial charge in [-0.05, 0) is 54.2 Å². The molecule has 1 fully saturated rings. The molecule has 0 atom stereocenters. The predicted octanol–water partition coefficient (Wildman–Crippen LogP) is 4.09. The maximum Gasteiger partial charge on any atom is 0.335 e. The Kier molecular flexibility index (Phi) is 4.59. The number of aromatic carboxylic acids is 1. The standard InChI is InChI=1S/C20H21N3O2S/c24-18(25)15-5-3-4-14(12-15)13-21-19-20(8-10-26-11-9-20)23-17-7-2-1-6-16(17)22-19/h1-7,12,23H,8-11,13H2,(H,21,22)(H,24,25). The second-order valence-electron chi connectivity index (χ2n) is 6.66. The molecule has 5 nitrogen and oxygen atoms in total. The van der Waals surface area contributed by atoms with Gasteiger partial charge in [-0.25, -0.2) is 4.79 Å². The maximum absolute atomic E-state index is 11.2. The van der Waals surface area contributed by atoms with Crippen LogP contribution in [0, 0.1) is 0 Å². The molecule has 1 spiro atoms. The number of hydrogen-bond acceptors (Lipinski definition) is 4. The van der Waals surface area contributed by atoms with E-state index in [0.29, 0.717) is 12.1 Å². The summed E-state index contributed by atoms with van der Waals surface area (Å²) in [5.74, 6) is 2.25. The molecule has 3 N–H and O–H groups in total. The third-order valence-electron chi connectivity index (χ3n) is 4.95. The highest BCUT2D eigenvalue weighted by Crippen LogP contribution is 2.38. The van der Waals surface area contributed by atoms with Crippen LogP contribution in [0.2, 0.25) is 0 Å². The van der Waals surface area contributed by atoms with Crippen molar-refractivity contribution in [3.05, 3.63) is 59.7 Å². The Hall–Kier alpha value is -2.47. The topological polar surface area (TPSA) is 73.7 Å². The summed E-state index contributed by atoms with van der Waals surface area (Å²) in [4.78, 5) is 16.0. The molecule has 4 rings (SSSR count). The summed E-state index contributed by atoms with van der Waals surface area (Å²) in [6, 6.07) is 15.2. The molecule has 2 heterocycles. The van der Waals surface area contributed by atoms with Gasteiger partial charge in [-0.2, -0.15) is 11.8 Å². The van der Waals surface area contributed by atoms with Crippen molar-refractivity contribution in [2.24, 2.45) is 4.99 Å². The van der Waals surface area contributed by atoms with E-state index in [1.807, 2.05) is 36.0 Å². The summed E-state index contributed by atoms with van der Waals surface area (Å²) in [7, 11) is 0. The van der Waals surface area contributed by atoms with Crippen molar-refractivity contribution in [3.63, 3.8) is 0 Å². The van der Waals surface area contributed by atoms with Crippen molar-refractivity contribution in [3.8, 4) is 0 Å². The molecule has 0 unspecified atom stereocenters. The minimum atomic E-state index is -0.910. The van der Waals surface area contributed by atoms with Gasteiger partial charge in [0, 0.05) is 0 Å². The number of carboxylic acids is 1. The Bertz CT molecular complexity index is 860. The summed E-state index contributed by atoms with van der Waals surface area (Å²) in [5, 5.41) is 16.4. The quantitative estimate of drug-likeness (QED) is 0.762. The number of benzene rings is 2. The monoisotopic (exact) mass is 367 g/mol. The second-order valence-corrected chi connectivity index (χ2v) is 7.89. The third kappa shape index (κ3) is 3.29. The van der Waals surface area contributed by atoms with Gasteiger partial charge in [-0.3, -0.25) is 4.99 Å². The lowest BCUT2D eigenvalue weighted by molar-refractivity contribution is 0.0696. The molecule has 0 bridgehead atoms. The molecule has 0 amide bonds. The molecule has 26 heavy (non-hydrogen) atoms. The van der Waals surface area contributed by atoms with Crippen LogP contribution in [0.3, 0.4) is 0 Å². The fourth-order valence-corrected chi connectivity index (χ4v) is 4.70. The molecule has 2 aromatic rings. The minimum Gasteiger partial charge on any atom is -0.478 e. The van der Waals surface area contributed by atoms with E-state index in [2.05, 4.69) is 16.7 Å². The van der Waals surface area contributed by atoms with E-state index in [1.54, 1.807) is 18.2 Å². The number of carbonyl (C=O) groups is 1. The van der Waals surface area contributed by atoms with E-state index < -0.39 is 5.97 Å². The van der Waals surface area contributed by atoms with Gasteiger partial charge >= 0.3 is 5.97 Å². The Labute approximate surface area is 156 Å². The van der Waals surface area contributed by atoms with E-state index in [4.69, 9.17) is 4.99 Å². The molecule has 2 aliphatic heterocycles. The largest absolute Gasteiger partial charge is 0.478 e. The summed E-state index contributed by atoms with van der Waals surface area (Å²) in [6.45, 7) is 0.461. The molecular formula is C20H21N3O2S. The van der Waals surface area contributed by atoms with Crippen LogP contribution < -0.4 is 10.6 Å². The predicted molar refractivity (Wildman–Crippen MR) is 108 cm³/mol. The van der Waals surface area contributed by atoms with Crippen molar-refractivity contribution >= 4 is 34.9 Å². The zero-order valence-electron chi connectivity index (χ0n) is 14.4. The summed E-state index contributed by atoms with van der Waals surface area (Å²) in [6.07, 6.45) is 2.04. The summed E-state index contributed by atoms with van der Waals surface area (Å²) in [5.41, 5.74) is 3.19. The molecule has 2 aromatic carbocycles. The Balaban J connectivity index is 1.65. The van der Waals surface area contributed by atoms with E-state index in [1.165, 1.54) is 0 Å². The van der Waals surface area contributed by atoms with Gasteiger partial charge < -0.3 is 15.7 Å². The zero-order valence-corrected chi connectivity index (χ0v) is 15.2. The van der Waals surface area contributed by atoms with Crippen LogP contribution >= 0.6 is 11.8 Å². The number of rotatable bonds is 3. The van der Waals surface area contributed by atoms with Crippen molar-refractivity contribution < 1.29 is 9.90 Å². The smallest absolute Gasteiger partial charge is 0.335 e.